The highest BCUT2D eigenvalue weighted by atomic mass is 16.1. The Hall–Kier alpha value is -0.410. The first-order chi connectivity index (χ1) is 9.72. The highest BCUT2D eigenvalue weighted by Crippen LogP contribution is 2.36. The number of piperazine rings is 1. The Labute approximate surface area is 123 Å². The van der Waals surface area contributed by atoms with Gasteiger partial charge in [0.15, 0.2) is 0 Å². The van der Waals surface area contributed by atoms with Crippen LogP contribution in [-0.4, -0.2) is 54.3 Å². The molecule has 2 unspecified atom stereocenters. The van der Waals surface area contributed by atoms with Crippen molar-refractivity contribution in [3.63, 3.8) is 0 Å². The lowest BCUT2D eigenvalue weighted by Gasteiger charge is -2.50. The van der Waals surface area contributed by atoms with Crippen LogP contribution in [0.2, 0.25) is 0 Å². The van der Waals surface area contributed by atoms with E-state index in [2.05, 4.69) is 16.7 Å². The fourth-order valence-electron chi connectivity index (χ4n) is 4.61. The summed E-state index contributed by atoms with van der Waals surface area (Å²) >= 11 is 0. The normalized spacial score (nSPS) is 35.5. The van der Waals surface area contributed by atoms with Crippen LogP contribution < -0.4 is 0 Å². The van der Waals surface area contributed by atoms with Gasteiger partial charge in [-0.3, -0.25) is 9.80 Å². The molecule has 0 aromatic rings. The van der Waals surface area contributed by atoms with Crippen LogP contribution in [0.5, 0.6) is 0 Å². The van der Waals surface area contributed by atoms with Crippen molar-refractivity contribution >= 4 is 6.29 Å². The van der Waals surface area contributed by atoms with E-state index in [1.165, 1.54) is 64.4 Å². The molecule has 3 fully saturated rings. The highest BCUT2D eigenvalue weighted by Gasteiger charge is 2.39. The Kier molecular flexibility index (Phi) is 4.46. The van der Waals surface area contributed by atoms with E-state index in [9.17, 15) is 4.79 Å². The summed E-state index contributed by atoms with van der Waals surface area (Å²) in [5.41, 5.74) is -0.0245. The quantitative estimate of drug-likeness (QED) is 0.742. The Balaban J connectivity index is 1.65. The first kappa shape index (κ1) is 14.5. The summed E-state index contributed by atoms with van der Waals surface area (Å²) in [5.74, 6) is 0. The molecule has 3 aliphatic rings. The molecule has 2 saturated heterocycles. The van der Waals surface area contributed by atoms with Crippen LogP contribution >= 0.6 is 0 Å². The molecular weight excluding hydrogens is 248 g/mol. The highest BCUT2D eigenvalue weighted by molar-refractivity contribution is 5.60. The summed E-state index contributed by atoms with van der Waals surface area (Å²) in [6.07, 6.45) is 11.5. The number of carbonyl (C=O) groups excluding carboxylic acids is 1. The molecule has 0 amide bonds. The zero-order valence-electron chi connectivity index (χ0n) is 13.0. The third kappa shape index (κ3) is 2.94. The lowest BCUT2D eigenvalue weighted by Crippen LogP contribution is -2.60. The number of piperidine rings is 1. The average Bonchev–Trinajstić information content (AvgIpc) is 2.49. The van der Waals surface area contributed by atoms with E-state index in [1.807, 2.05) is 0 Å². The maximum absolute atomic E-state index is 11.7. The predicted octanol–water partition coefficient (Wildman–Crippen LogP) is 2.69. The van der Waals surface area contributed by atoms with E-state index in [4.69, 9.17) is 0 Å². The zero-order chi connectivity index (χ0) is 14.0. The van der Waals surface area contributed by atoms with E-state index in [0.717, 1.165) is 25.4 Å². The van der Waals surface area contributed by atoms with Gasteiger partial charge >= 0.3 is 0 Å². The average molecular weight is 278 g/mol. The molecule has 0 aromatic carbocycles. The van der Waals surface area contributed by atoms with Crippen molar-refractivity contribution in [3.8, 4) is 0 Å². The van der Waals surface area contributed by atoms with Crippen molar-refractivity contribution in [1.82, 2.24) is 9.80 Å². The molecular formula is C17H30N2O. The Morgan fingerprint density at radius 1 is 1.10 bits per heavy atom. The second-order valence-electron chi connectivity index (χ2n) is 7.46. The second-order valence-corrected chi connectivity index (χ2v) is 7.46. The van der Waals surface area contributed by atoms with Gasteiger partial charge in [0.05, 0.1) is 0 Å². The monoisotopic (exact) mass is 278 g/mol. The molecule has 3 rings (SSSR count). The standard InChI is InChI=1S/C17H30N2O/c1-15-11-18-10-6-3-7-16(18)12-19(15)13-17(14-20)8-4-2-5-9-17/h14-16H,2-13H2,1H3. The molecule has 0 bridgehead atoms. The molecule has 0 spiro atoms. The number of nitrogens with zero attached hydrogens (tertiary/aromatic N) is 2. The van der Waals surface area contributed by atoms with Crippen LogP contribution in [0.4, 0.5) is 0 Å². The third-order valence-electron chi connectivity index (χ3n) is 5.93. The Bertz CT molecular complexity index is 338. The van der Waals surface area contributed by atoms with E-state index in [1.54, 1.807) is 0 Å². The molecule has 20 heavy (non-hydrogen) atoms. The number of aldehydes is 1. The topological polar surface area (TPSA) is 23.6 Å². The molecule has 2 atom stereocenters. The van der Waals surface area contributed by atoms with Crippen molar-refractivity contribution in [2.24, 2.45) is 5.41 Å². The van der Waals surface area contributed by atoms with E-state index < -0.39 is 0 Å². The van der Waals surface area contributed by atoms with Crippen LogP contribution in [0.1, 0.15) is 58.3 Å². The molecule has 2 heterocycles. The minimum Gasteiger partial charge on any atom is -0.303 e. The van der Waals surface area contributed by atoms with Gasteiger partial charge in [0.25, 0.3) is 0 Å². The summed E-state index contributed by atoms with van der Waals surface area (Å²) in [6.45, 7) is 7.06. The molecule has 0 radical (unpaired) electrons. The zero-order valence-corrected chi connectivity index (χ0v) is 13.0. The minimum atomic E-state index is -0.0245. The van der Waals surface area contributed by atoms with Crippen molar-refractivity contribution in [3.05, 3.63) is 0 Å². The van der Waals surface area contributed by atoms with Crippen molar-refractivity contribution < 1.29 is 4.79 Å². The molecule has 2 aliphatic heterocycles. The van der Waals surface area contributed by atoms with Crippen LogP contribution in [-0.2, 0) is 4.79 Å². The fraction of sp³-hybridized carbons (Fsp3) is 0.941. The van der Waals surface area contributed by atoms with Gasteiger partial charge in [-0.1, -0.05) is 25.7 Å². The van der Waals surface area contributed by atoms with Gasteiger partial charge in [0.2, 0.25) is 0 Å². The largest absolute Gasteiger partial charge is 0.303 e. The van der Waals surface area contributed by atoms with Gasteiger partial charge in [-0.15, -0.1) is 0 Å². The van der Waals surface area contributed by atoms with Gasteiger partial charge < -0.3 is 4.79 Å². The minimum absolute atomic E-state index is 0.0245. The molecule has 3 nitrogen and oxygen atoms in total. The summed E-state index contributed by atoms with van der Waals surface area (Å²) in [4.78, 5) is 17.0. The number of carbonyl (C=O) groups is 1. The third-order valence-corrected chi connectivity index (χ3v) is 5.93. The van der Waals surface area contributed by atoms with Gasteiger partial charge in [-0.2, -0.15) is 0 Å². The Morgan fingerprint density at radius 3 is 2.65 bits per heavy atom. The number of hydrogen-bond acceptors (Lipinski definition) is 3. The lowest BCUT2D eigenvalue weighted by atomic mass is 9.74. The Morgan fingerprint density at radius 2 is 1.90 bits per heavy atom. The van der Waals surface area contributed by atoms with Gasteiger partial charge in [0, 0.05) is 37.1 Å². The predicted molar refractivity (Wildman–Crippen MR) is 81.8 cm³/mol. The molecule has 0 N–H and O–H groups in total. The number of fused-ring (bicyclic) bond motifs is 1. The summed E-state index contributed by atoms with van der Waals surface area (Å²) in [7, 11) is 0. The van der Waals surface area contributed by atoms with Crippen molar-refractivity contribution in [2.45, 2.75) is 70.4 Å². The van der Waals surface area contributed by atoms with Crippen LogP contribution in [0.3, 0.4) is 0 Å². The lowest BCUT2D eigenvalue weighted by molar-refractivity contribution is -0.120. The van der Waals surface area contributed by atoms with Crippen LogP contribution in [0.15, 0.2) is 0 Å². The maximum Gasteiger partial charge on any atom is 0.127 e. The molecule has 1 saturated carbocycles. The molecule has 3 heteroatoms. The molecule has 1 aliphatic carbocycles. The van der Waals surface area contributed by atoms with E-state index >= 15 is 0 Å². The SMILES string of the molecule is CC1CN2CCCCC2CN1CC1(C=O)CCCCC1. The van der Waals surface area contributed by atoms with E-state index in [0.29, 0.717) is 6.04 Å². The van der Waals surface area contributed by atoms with Gasteiger partial charge in [-0.25, -0.2) is 0 Å². The summed E-state index contributed by atoms with van der Waals surface area (Å²) in [6, 6.07) is 1.37. The van der Waals surface area contributed by atoms with Gasteiger partial charge in [0.1, 0.15) is 6.29 Å². The summed E-state index contributed by atoms with van der Waals surface area (Å²) < 4.78 is 0. The first-order valence-electron chi connectivity index (χ1n) is 8.67. The molecule has 114 valence electrons. The fourth-order valence-corrected chi connectivity index (χ4v) is 4.61. The first-order valence-corrected chi connectivity index (χ1v) is 8.67. The second kappa shape index (κ2) is 6.15. The van der Waals surface area contributed by atoms with Crippen molar-refractivity contribution in [1.29, 1.82) is 0 Å². The van der Waals surface area contributed by atoms with Crippen molar-refractivity contribution in [2.75, 3.05) is 26.2 Å². The molecule has 0 aromatic heterocycles. The number of rotatable bonds is 3. The van der Waals surface area contributed by atoms with Crippen LogP contribution in [0, 0.1) is 5.41 Å². The summed E-state index contributed by atoms with van der Waals surface area (Å²) in [5, 5.41) is 0. The van der Waals surface area contributed by atoms with Gasteiger partial charge in [-0.05, 0) is 39.2 Å². The number of hydrogen-bond donors (Lipinski definition) is 0. The maximum atomic E-state index is 11.7. The smallest absolute Gasteiger partial charge is 0.127 e. The van der Waals surface area contributed by atoms with Crippen LogP contribution in [0.25, 0.3) is 0 Å². The van der Waals surface area contributed by atoms with E-state index in [-0.39, 0.29) is 5.41 Å².